The highest BCUT2D eigenvalue weighted by Gasteiger charge is 2.32. The van der Waals surface area contributed by atoms with Gasteiger partial charge in [0.1, 0.15) is 0 Å². The Morgan fingerprint density at radius 2 is 1.81 bits per heavy atom. The average Bonchev–Trinajstić information content (AvgIpc) is 3.31. The number of H-pyrrole nitrogens is 1. The highest BCUT2D eigenvalue weighted by molar-refractivity contribution is 8.01. The van der Waals surface area contributed by atoms with Gasteiger partial charge in [0, 0.05) is 48.8 Å². The summed E-state index contributed by atoms with van der Waals surface area (Å²) >= 11 is 1.73. The number of amides is 1. The second kappa shape index (κ2) is 7.06. The van der Waals surface area contributed by atoms with Crippen molar-refractivity contribution < 1.29 is 4.79 Å². The summed E-state index contributed by atoms with van der Waals surface area (Å²) in [6.45, 7) is 4.44. The number of carbonyl (C=O) groups is 1. The van der Waals surface area contributed by atoms with Crippen LogP contribution in [-0.2, 0) is 17.8 Å². The van der Waals surface area contributed by atoms with E-state index in [0.29, 0.717) is 5.91 Å². The summed E-state index contributed by atoms with van der Waals surface area (Å²) < 4.78 is 0. The van der Waals surface area contributed by atoms with Gasteiger partial charge in [0.2, 0.25) is 5.91 Å². The third-order valence-electron chi connectivity index (χ3n) is 5.59. The van der Waals surface area contributed by atoms with E-state index in [4.69, 9.17) is 0 Å². The van der Waals surface area contributed by atoms with Gasteiger partial charge in [-0.15, -0.1) is 11.8 Å². The second-order valence-corrected chi connectivity index (χ2v) is 8.65. The van der Waals surface area contributed by atoms with Crippen molar-refractivity contribution in [2.24, 2.45) is 0 Å². The van der Waals surface area contributed by atoms with E-state index in [1.165, 1.54) is 27.1 Å². The minimum absolute atomic E-state index is 0.0580. The molecule has 3 aromatic rings. The van der Waals surface area contributed by atoms with Crippen molar-refractivity contribution >= 4 is 28.6 Å². The quantitative estimate of drug-likeness (QED) is 0.759. The standard InChI is InChI=1S/C22H23N3OS/c26-22(21-14-17-6-2-4-8-20(17)27-21)25-11-9-24(10-12-25)15-18-13-16-5-1-3-7-19(16)23-18/h1-8,13,21,23H,9-12,14-15H2. The van der Waals surface area contributed by atoms with Gasteiger partial charge >= 0.3 is 0 Å². The Kier molecular flexibility index (Phi) is 4.42. The number of aromatic nitrogens is 1. The number of carbonyl (C=O) groups excluding carboxylic acids is 1. The van der Waals surface area contributed by atoms with E-state index in [-0.39, 0.29) is 5.25 Å². The zero-order chi connectivity index (χ0) is 18.2. The number of hydrogen-bond acceptors (Lipinski definition) is 3. The van der Waals surface area contributed by atoms with Gasteiger partial charge in [-0.2, -0.15) is 0 Å². The lowest BCUT2D eigenvalue weighted by molar-refractivity contribution is -0.132. The van der Waals surface area contributed by atoms with E-state index in [9.17, 15) is 4.79 Å². The number of nitrogens with one attached hydrogen (secondary N) is 1. The zero-order valence-corrected chi connectivity index (χ0v) is 16.0. The summed E-state index contributed by atoms with van der Waals surface area (Å²) in [6.07, 6.45) is 0.870. The Morgan fingerprint density at radius 3 is 2.63 bits per heavy atom. The third kappa shape index (κ3) is 3.37. The predicted molar refractivity (Wildman–Crippen MR) is 110 cm³/mol. The fraction of sp³-hybridized carbons (Fsp3) is 0.318. The first-order valence-corrected chi connectivity index (χ1v) is 10.5. The fourth-order valence-corrected chi connectivity index (χ4v) is 5.39. The first-order valence-electron chi connectivity index (χ1n) is 9.58. The van der Waals surface area contributed by atoms with E-state index >= 15 is 0 Å². The lowest BCUT2D eigenvalue weighted by atomic mass is 10.1. The molecule has 138 valence electrons. The molecule has 1 N–H and O–H groups in total. The normalized spacial score (nSPS) is 20.1. The van der Waals surface area contributed by atoms with Crippen LogP contribution in [0.15, 0.2) is 59.5 Å². The van der Waals surface area contributed by atoms with Gasteiger partial charge in [-0.3, -0.25) is 9.69 Å². The zero-order valence-electron chi connectivity index (χ0n) is 15.2. The third-order valence-corrected chi connectivity index (χ3v) is 6.89. The molecule has 0 aliphatic carbocycles. The molecule has 2 aliphatic heterocycles. The van der Waals surface area contributed by atoms with Crippen LogP contribution in [0.25, 0.3) is 10.9 Å². The molecule has 2 aliphatic rings. The molecule has 0 saturated carbocycles. The lowest BCUT2D eigenvalue weighted by Crippen LogP contribution is -2.50. The molecule has 0 bridgehead atoms. The number of fused-ring (bicyclic) bond motifs is 2. The van der Waals surface area contributed by atoms with Crippen molar-refractivity contribution in [2.75, 3.05) is 26.2 Å². The van der Waals surface area contributed by atoms with Gasteiger partial charge in [-0.25, -0.2) is 0 Å². The number of piperazine rings is 1. The molecule has 5 rings (SSSR count). The van der Waals surface area contributed by atoms with Gasteiger partial charge in [-0.1, -0.05) is 36.4 Å². The first kappa shape index (κ1) is 16.9. The number of para-hydroxylation sites is 1. The molecule has 1 aromatic heterocycles. The van der Waals surface area contributed by atoms with Gasteiger partial charge in [0.25, 0.3) is 0 Å². The van der Waals surface area contributed by atoms with Crippen molar-refractivity contribution in [3.05, 3.63) is 65.9 Å². The SMILES string of the molecule is O=C(C1Cc2ccccc2S1)N1CCN(Cc2cc3ccccc3[nH]2)CC1. The molecular formula is C22H23N3OS. The second-order valence-electron chi connectivity index (χ2n) is 7.40. The molecule has 2 aromatic carbocycles. The van der Waals surface area contributed by atoms with Crippen LogP contribution in [0.5, 0.6) is 0 Å². The minimum Gasteiger partial charge on any atom is -0.357 e. The maximum Gasteiger partial charge on any atom is 0.236 e. The van der Waals surface area contributed by atoms with Crippen LogP contribution in [0.2, 0.25) is 0 Å². The molecule has 1 amide bonds. The van der Waals surface area contributed by atoms with Crippen molar-refractivity contribution in [1.29, 1.82) is 0 Å². The Labute approximate surface area is 163 Å². The van der Waals surface area contributed by atoms with E-state index < -0.39 is 0 Å². The Balaban J connectivity index is 1.17. The fourth-order valence-electron chi connectivity index (χ4n) is 4.11. The van der Waals surface area contributed by atoms with Crippen LogP contribution >= 0.6 is 11.8 Å². The van der Waals surface area contributed by atoms with Crippen molar-refractivity contribution in [3.63, 3.8) is 0 Å². The van der Waals surface area contributed by atoms with Crippen molar-refractivity contribution in [1.82, 2.24) is 14.8 Å². The topological polar surface area (TPSA) is 39.3 Å². The van der Waals surface area contributed by atoms with Gasteiger partial charge in [0.15, 0.2) is 0 Å². The maximum atomic E-state index is 12.9. The van der Waals surface area contributed by atoms with E-state index in [2.05, 4.69) is 69.4 Å². The molecular weight excluding hydrogens is 354 g/mol. The minimum atomic E-state index is 0.0580. The van der Waals surface area contributed by atoms with Gasteiger partial charge in [0.05, 0.1) is 5.25 Å². The highest BCUT2D eigenvalue weighted by Crippen LogP contribution is 2.37. The van der Waals surface area contributed by atoms with Crippen LogP contribution in [0, 0.1) is 0 Å². The van der Waals surface area contributed by atoms with Crippen LogP contribution < -0.4 is 0 Å². The molecule has 1 unspecified atom stereocenters. The van der Waals surface area contributed by atoms with Crippen molar-refractivity contribution in [3.8, 4) is 0 Å². The summed E-state index contributed by atoms with van der Waals surface area (Å²) in [5.74, 6) is 0.307. The molecule has 27 heavy (non-hydrogen) atoms. The molecule has 5 heteroatoms. The Bertz CT molecular complexity index is 916. The number of aromatic amines is 1. The molecule has 0 radical (unpaired) electrons. The molecule has 4 nitrogen and oxygen atoms in total. The number of benzene rings is 2. The van der Waals surface area contributed by atoms with Crippen LogP contribution in [-0.4, -0.2) is 52.1 Å². The summed E-state index contributed by atoms with van der Waals surface area (Å²) in [4.78, 5) is 22.2. The number of rotatable bonds is 3. The molecule has 3 heterocycles. The Hall–Kier alpha value is -2.24. The average molecular weight is 378 g/mol. The van der Waals surface area contributed by atoms with E-state index in [1.807, 2.05) is 0 Å². The monoisotopic (exact) mass is 377 g/mol. The Morgan fingerprint density at radius 1 is 1.04 bits per heavy atom. The van der Waals surface area contributed by atoms with Gasteiger partial charge < -0.3 is 9.88 Å². The summed E-state index contributed by atoms with van der Waals surface area (Å²) in [5.41, 5.74) is 3.76. The summed E-state index contributed by atoms with van der Waals surface area (Å²) in [7, 11) is 0. The summed E-state index contributed by atoms with van der Waals surface area (Å²) in [5, 5.41) is 1.32. The molecule has 1 fully saturated rings. The molecule has 1 saturated heterocycles. The summed E-state index contributed by atoms with van der Waals surface area (Å²) in [6, 6.07) is 19.0. The molecule has 0 spiro atoms. The largest absolute Gasteiger partial charge is 0.357 e. The smallest absolute Gasteiger partial charge is 0.236 e. The van der Waals surface area contributed by atoms with Crippen LogP contribution in [0.3, 0.4) is 0 Å². The number of nitrogens with zero attached hydrogens (tertiary/aromatic N) is 2. The number of thioether (sulfide) groups is 1. The predicted octanol–water partition coefficient (Wildman–Crippen LogP) is 3.53. The van der Waals surface area contributed by atoms with Crippen molar-refractivity contribution in [2.45, 2.75) is 23.1 Å². The van der Waals surface area contributed by atoms with E-state index in [0.717, 1.165) is 39.1 Å². The molecule has 1 atom stereocenters. The first-order chi connectivity index (χ1) is 13.3. The number of hydrogen-bond donors (Lipinski definition) is 1. The maximum absolute atomic E-state index is 12.9. The van der Waals surface area contributed by atoms with Gasteiger partial charge in [-0.05, 0) is 35.6 Å². The lowest BCUT2D eigenvalue weighted by Gasteiger charge is -2.35. The van der Waals surface area contributed by atoms with Crippen LogP contribution in [0.4, 0.5) is 0 Å². The highest BCUT2D eigenvalue weighted by atomic mass is 32.2. The van der Waals surface area contributed by atoms with E-state index in [1.54, 1.807) is 11.8 Å². The van der Waals surface area contributed by atoms with Crippen LogP contribution in [0.1, 0.15) is 11.3 Å².